The Kier molecular flexibility index (Phi) is 5.79. The molecule has 0 saturated carbocycles. The minimum atomic E-state index is -0.0228. The maximum atomic E-state index is 12.6. The Morgan fingerprint density at radius 2 is 1.95 bits per heavy atom. The third-order valence-electron chi connectivity index (χ3n) is 3.71. The van der Waals surface area contributed by atoms with Crippen molar-refractivity contribution in [1.29, 1.82) is 0 Å². The van der Waals surface area contributed by atoms with E-state index in [0.29, 0.717) is 44.0 Å². The number of nitrogens with zero attached hydrogens (tertiary/aromatic N) is 2. The highest BCUT2D eigenvalue weighted by Gasteiger charge is 2.24. The molecule has 22 heavy (non-hydrogen) atoms. The van der Waals surface area contributed by atoms with E-state index in [1.165, 1.54) is 0 Å². The number of hydrogen-bond donors (Lipinski definition) is 1. The zero-order chi connectivity index (χ0) is 16.1. The van der Waals surface area contributed by atoms with E-state index in [2.05, 4.69) is 21.2 Å². The van der Waals surface area contributed by atoms with E-state index in [-0.39, 0.29) is 11.8 Å². The van der Waals surface area contributed by atoms with Crippen molar-refractivity contribution in [2.24, 2.45) is 0 Å². The Labute approximate surface area is 138 Å². The molecule has 1 aliphatic rings. The summed E-state index contributed by atoms with van der Waals surface area (Å²) in [7, 11) is 3.21. The van der Waals surface area contributed by atoms with Gasteiger partial charge in [-0.05, 0) is 34.1 Å². The van der Waals surface area contributed by atoms with Crippen molar-refractivity contribution in [3.8, 4) is 5.75 Å². The van der Waals surface area contributed by atoms with Crippen LogP contribution in [-0.4, -0.2) is 68.5 Å². The standard InChI is InChI=1S/C15H20BrN3O3/c1-17-14(20)10-18-5-7-19(8-6-18)15(21)12-9-11(22-2)3-4-13(12)16/h3-4,9H,5-8,10H2,1-2H3,(H,17,20). The maximum absolute atomic E-state index is 12.6. The molecule has 7 heteroatoms. The van der Waals surface area contributed by atoms with E-state index < -0.39 is 0 Å². The predicted molar refractivity (Wildman–Crippen MR) is 87.1 cm³/mol. The number of carbonyl (C=O) groups excluding carboxylic acids is 2. The second-order valence-corrected chi connectivity index (χ2v) is 5.94. The molecule has 120 valence electrons. The minimum absolute atomic E-state index is 0.00434. The number of ether oxygens (including phenoxy) is 1. The van der Waals surface area contributed by atoms with Gasteiger partial charge in [-0.25, -0.2) is 0 Å². The van der Waals surface area contributed by atoms with Crippen LogP contribution in [0.1, 0.15) is 10.4 Å². The molecule has 2 rings (SSSR count). The summed E-state index contributed by atoms with van der Waals surface area (Å²) < 4.78 is 5.93. The van der Waals surface area contributed by atoms with E-state index in [1.807, 2.05) is 17.0 Å². The molecule has 2 amide bonds. The Hall–Kier alpha value is -1.60. The lowest BCUT2D eigenvalue weighted by atomic mass is 10.1. The average molecular weight is 370 g/mol. The SMILES string of the molecule is CNC(=O)CN1CCN(C(=O)c2cc(OC)ccc2Br)CC1. The van der Waals surface area contributed by atoms with Crippen LogP contribution in [0.15, 0.2) is 22.7 Å². The number of hydrogen-bond acceptors (Lipinski definition) is 4. The van der Waals surface area contributed by atoms with Gasteiger partial charge in [-0.2, -0.15) is 0 Å². The van der Waals surface area contributed by atoms with E-state index in [9.17, 15) is 9.59 Å². The highest BCUT2D eigenvalue weighted by atomic mass is 79.9. The van der Waals surface area contributed by atoms with Crippen LogP contribution in [0.5, 0.6) is 5.75 Å². The van der Waals surface area contributed by atoms with E-state index >= 15 is 0 Å². The van der Waals surface area contributed by atoms with Crippen molar-refractivity contribution in [3.63, 3.8) is 0 Å². The fraction of sp³-hybridized carbons (Fsp3) is 0.467. The number of benzene rings is 1. The van der Waals surface area contributed by atoms with Crippen LogP contribution in [0.4, 0.5) is 0 Å². The molecule has 1 saturated heterocycles. The highest BCUT2D eigenvalue weighted by molar-refractivity contribution is 9.10. The Balaban J connectivity index is 1.99. The van der Waals surface area contributed by atoms with Gasteiger partial charge < -0.3 is 15.0 Å². The van der Waals surface area contributed by atoms with Crippen molar-refractivity contribution < 1.29 is 14.3 Å². The first-order valence-corrected chi connectivity index (χ1v) is 7.90. The lowest BCUT2D eigenvalue weighted by Crippen LogP contribution is -2.50. The molecular formula is C15H20BrN3O3. The van der Waals surface area contributed by atoms with Crippen LogP contribution in [-0.2, 0) is 4.79 Å². The normalized spacial score (nSPS) is 15.5. The third kappa shape index (κ3) is 3.98. The number of amides is 2. The summed E-state index contributed by atoms with van der Waals surface area (Å²) in [5, 5.41) is 2.61. The number of halogens is 1. The molecule has 0 aliphatic carbocycles. The molecule has 1 fully saturated rings. The van der Waals surface area contributed by atoms with E-state index in [1.54, 1.807) is 25.1 Å². The van der Waals surface area contributed by atoms with Crippen molar-refractivity contribution >= 4 is 27.7 Å². The molecule has 0 aromatic heterocycles. The summed E-state index contributed by atoms with van der Waals surface area (Å²) in [6, 6.07) is 5.36. The lowest BCUT2D eigenvalue weighted by molar-refractivity contribution is -0.122. The molecule has 0 bridgehead atoms. The fourth-order valence-corrected chi connectivity index (χ4v) is 2.77. The van der Waals surface area contributed by atoms with E-state index in [0.717, 1.165) is 4.47 Å². The highest BCUT2D eigenvalue weighted by Crippen LogP contribution is 2.24. The van der Waals surface area contributed by atoms with Crippen LogP contribution < -0.4 is 10.1 Å². The van der Waals surface area contributed by atoms with Crippen LogP contribution in [0, 0.1) is 0 Å². The van der Waals surface area contributed by atoms with Crippen LogP contribution in [0.25, 0.3) is 0 Å². The van der Waals surface area contributed by atoms with Gasteiger partial charge in [0.2, 0.25) is 5.91 Å². The number of methoxy groups -OCH3 is 1. The Morgan fingerprint density at radius 3 is 2.55 bits per heavy atom. The maximum Gasteiger partial charge on any atom is 0.255 e. The molecule has 1 aliphatic heterocycles. The molecule has 0 radical (unpaired) electrons. The second-order valence-electron chi connectivity index (χ2n) is 5.09. The quantitative estimate of drug-likeness (QED) is 0.858. The largest absolute Gasteiger partial charge is 0.497 e. The van der Waals surface area contributed by atoms with Crippen molar-refractivity contribution in [2.75, 3.05) is 46.9 Å². The van der Waals surface area contributed by atoms with Crippen molar-refractivity contribution in [2.45, 2.75) is 0 Å². The van der Waals surface area contributed by atoms with Crippen molar-refractivity contribution in [3.05, 3.63) is 28.2 Å². The molecule has 0 unspecified atom stereocenters. The molecule has 0 atom stereocenters. The van der Waals surface area contributed by atoms with Crippen LogP contribution in [0.2, 0.25) is 0 Å². The first-order chi connectivity index (χ1) is 10.5. The number of piperazine rings is 1. The molecule has 1 N–H and O–H groups in total. The van der Waals surface area contributed by atoms with Gasteiger partial charge >= 0.3 is 0 Å². The minimum Gasteiger partial charge on any atom is -0.497 e. The first-order valence-electron chi connectivity index (χ1n) is 7.11. The smallest absolute Gasteiger partial charge is 0.255 e. The molecule has 1 aromatic rings. The van der Waals surface area contributed by atoms with E-state index in [4.69, 9.17) is 4.74 Å². The topological polar surface area (TPSA) is 61.9 Å². The van der Waals surface area contributed by atoms with Crippen LogP contribution in [0.3, 0.4) is 0 Å². The van der Waals surface area contributed by atoms with Gasteiger partial charge in [0.05, 0.1) is 19.2 Å². The van der Waals surface area contributed by atoms with Gasteiger partial charge in [0.15, 0.2) is 0 Å². The molecule has 1 heterocycles. The summed E-state index contributed by atoms with van der Waals surface area (Å²) in [6.45, 7) is 2.99. The van der Waals surface area contributed by atoms with Gasteiger partial charge in [0.25, 0.3) is 5.91 Å². The van der Waals surface area contributed by atoms with Gasteiger partial charge in [-0.15, -0.1) is 0 Å². The van der Waals surface area contributed by atoms with Crippen molar-refractivity contribution in [1.82, 2.24) is 15.1 Å². The van der Waals surface area contributed by atoms with Crippen LogP contribution >= 0.6 is 15.9 Å². The zero-order valence-corrected chi connectivity index (χ0v) is 14.4. The number of carbonyl (C=O) groups is 2. The lowest BCUT2D eigenvalue weighted by Gasteiger charge is -2.34. The summed E-state index contributed by atoms with van der Waals surface area (Å²) in [6.07, 6.45) is 0. The number of nitrogens with one attached hydrogen (secondary N) is 1. The monoisotopic (exact) mass is 369 g/mol. The molecule has 0 spiro atoms. The molecule has 1 aromatic carbocycles. The summed E-state index contributed by atoms with van der Waals surface area (Å²) in [5.74, 6) is 0.630. The predicted octanol–water partition coefficient (Wildman–Crippen LogP) is 0.962. The summed E-state index contributed by atoms with van der Waals surface area (Å²) in [5.41, 5.74) is 0.596. The third-order valence-corrected chi connectivity index (χ3v) is 4.40. The van der Waals surface area contributed by atoms with Gasteiger partial charge in [0.1, 0.15) is 5.75 Å². The van der Waals surface area contributed by atoms with Gasteiger partial charge in [0, 0.05) is 37.7 Å². The van der Waals surface area contributed by atoms with Gasteiger partial charge in [-0.3, -0.25) is 14.5 Å². The summed E-state index contributed by atoms with van der Waals surface area (Å²) >= 11 is 3.41. The summed E-state index contributed by atoms with van der Waals surface area (Å²) in [4.78, 5) is 27.8. The zero-order valence-electron chi connectivity index (χ0n) is 12.8. The number of rotatable bonds is 4. The molecular weight excluding hydrogens is 350 g/mol. The fourth-order valence-electron chi connectivity index (χ4n) is 2.36. The Bertz CT molecular complexity index is 557. The molecule has 6 nitrogen and oxygen atoms in total. The average Bonchev–Trinajstić information content (AvgIpc) is 2.55. The second kappa shape index (κ2) is 7.60. The number of likely N-dealkylation sites (N-methyl/N-ethyl adjacent to an activating group) is 1. The first kappa shape index (κ1) is 16.8. The Morgan fingerprint density at radius 1 is 1.27 bits per heavy atom. The van der Waals surface area contributed by atoms with Gasteiger partial charge in [-0.1, -0.05) is 0 Å².